The highest BCUT2D eigenvalue weighted by Gasteiger charge is 2.52. The average Bonchev–Trinajstić information content (AvgIpc) is 3.68. The van der Waals surface area contributed by atoms with Crippen LogP contribution >= 0.6 is 0 Å². The van der Waals surface area contributed by atoms with Crippen LogP contribution in [0.2, 0.25) is 0 Å². The van der Waals surface area contributed by atoms with E-state index >= 15 is 0 Å². The van der Waals surface area contributed by atoms with Gasteiger partial charge in [0.15, 0.2) is 0 Å². The minimum absolute atomic E-state index is 0.0467. The first-order valence-corrected chi connectivity index (χ1v) is 14.7. The Labute approximate surface area is 228 Å². The number of halogens is 4. The van der Waals surface area contributed by atoms with E-state index in [0.717, 1.165) is 32.2 Å². The Kier molecular flexibility index (Phi) is 8.48. The third-order valence-corrected chi connectivity index (χ3v) is 9.76. The number of carbonyl (C=O) groups excluding carboxylic acids is 1. The third-order valence-electron chi connectivity index (χ3n) is 9.76. The molecule has 2 saturated heterocycles. The number of rotatable bonds is 7. The zero-order valence-electron chi connectivity index (χ0n) is 23.0. The fourth-order valence-electron chi connectivity index (χ4n) is 7.54. The van der Waals surface area contributed by atoms with Gasteiger partial charge in [-0.05, 0) is 81.6 Å². The molecule has 11 heteroatoms. The lowest BCUT2D eigenvalue weighted by atomic mass is 9.68. The summed E-state index contributed by atoms with van der Waals surface area (Å²) in [6.07, 6.45) is 2.81. The second-order valence-corrected chi connectivity index (χ2v) is 12.9. The van der Waals surface area contributed by atoms with E-state index in [4.69, 9.17) is 5.41 Å². The van der Waals surface area contributed by atoms with Crippen molar-refractivity contribution in [2.45, 2.75) is 95.3 Å². The van der Waals surface area contributed by atoms with Gasteiger partial charge in [0.2, 0.25) is 11.5 Å². The van der Waals surface area contributed by atoms with Gasteiger partial charge in [-0.3, -0.25) is 10.2 Å². The fraction of sp³-hybridized carbons (Fsp3) is 0.857. The van der Waals surface area contributed by atoms with Gasteiger partial charge in [0, 0.05) is 56.6 Å². The molecule has 9 atom stereocenters. The molecule has 7 nitrogen and oxygen atoms in total. The quantitative estimate of drug-likeness (QED) is 0.388. The largest absolute Gasteiger partial charge is 0.393 e. The number of hydrogen-bond donors (Lipinski definition) is 4. The maximum Gasteiger partial charge on any atom is 0.393 e. The van der Waals surface area contributed by atoms with Crippen LogP contribution in [-0.4, -0.2) is 58.6 Å². The van der Waals surface area contributed by atoms with E-state index in [-0.39, 0.29) is 30.5 Å². The van der Waals surface area contributed by atoms with Crippen molar-refractivity contribution in [2.75, 3.05) is 13.1 Å². The number of aryl methyl sites for hydroxylation is 1. The SMILES string of the molecule is CC1CCNC(C(NC(=O)C2CC(Cn3ccn(C)c3=N)CC(C3NCC(F)CC3C(F)(F)F)C2)C2CC2)C1. The Morgan fingerprint density at radius 2 is 1.90 bits per heavy atom. The summed E-state index contributed by atoms with van der Waals surface area (Å²) in [5, 5.41) is 18.2. The molecule has 0 radical (unpaired) electrons. The van der Waals surface area contributed by atoms with Crippen molar-refractivity contribution in [2.24, 2.45) is 42.6 Å². The number of alkyl halides is 4. The summed E-state index contributed by atoms with van der Waals surface area (Å²) in [7, 11) is 1.78. The molecule has 0 bridgehead atoms. The lowest BCUT2D eigenvalue weighted by Crippen LogP contribution is -2.58. The topological polar surface area (TPSA) is 86.9 Å². The molecule has 2 saturated carbocycles. The molecule has 0 spiro atoms. The Balaban J connectivity index is 1.35. The molecule has 5 rings (SSSR count). The molecule has 3 heterocycles. The third kappa shape index (κ3) is 6.72. The molecule has 0 aromatic carbocycles. The van der Waals surface area contributed by atoms with E-state index in [0.29, 0.717) is 43.3 Å². The van der Waals surface area contributed by atoms with Crippen molar-refractivity contribution < 1.29 is 22.4 Å². The van der Waals surface area contributed by atoms with Crippen LogP contribution in [-0.2, 0) is 18.4 Å². The standard InChI is InChI=1S/C28H44F4N6O/c1-16-5-6-34-23(9-16)25(18-3-4-18)36-26(39)20-11-17(15-38-8-7-37(2)27(38)33)10-19(12-20)24-22(28(30,31)32)13-21(29)14-35-24/h7-8,16-25,33-35H,3-6,9-15H2,1-2H3,(H,36,39). The number of hydrogen-bond acceptors (Lipinski definition) is 4. The van der Waals surface area contributed by atoms with Crippen molar-refractivity contribution in [3.8, 4) is 0 Å². The van der Waals surface area contributed by atoms with Crippen LogP contribution < -0.4 is 21.6 Å². The summed E-state index contributed by atoms with van der Waals surface area (Å²) in [5.41, 5.74) is 0.314. The molecular weight excluding hydrogens is 512 g/mol. The molecule has 2 aliphatic heterocycles. The van der Waals surface area contributed by atoms with E-state index in [1.165, 1.54) is 0 Å². The van der Waals surface area contributed by atoms with Gasteiger partial charge in [-0.15, -0.1) is 0 Å². The minimum atomic E-state index is -4.50. The number of piperidine rings is 2. The predicted molar refractivity (Wildman–Crippen MR) is 139 cm³/mol. The molecule has 4 aliphatic rings. The van der Waals surface area contributed by atoms with E-state index in [1.54, 1.807) is 22.4 Å². The first kappa shape index (κ1) is 28.6. The van der Waals surface area contributed by atoms with Crippen LogP contribution in [0.5, 0.6) is 0 Å². The summed E-state index contributed by atoms with van der Waals surface area (Å²) in [5.74, 6) is -1.64. The van der Waals surface area contributed by atoms with Crippen LogP contribution in [0, 0.1) is 40.9 Å². The number of imidazole rings is 1. The minimum Gasteiger partial charge on any atom is -0.351 e. The molecule has 2 aliphatic carbocycles. The molecule has 39 heavy (non-hydrogen) atoms. The summed E-state index contributed by atoms with van der Waals surface area (Å²) in [6.45, 7) is 3.57. The van der Waals surface area contributed by atoms with Crippen LogP contribution in [0.25, 0.3) is 0 Å². The maximum absolute atomic E-state index is 14.1. The normalized spacial score (nSPS) is 36.9. The molecular formula is C28H44F4N6O. The van der Waals surface area contributed by atoms with Crippen molar-refractivity contribution >= 4 is 5.91 Å². The zero-order chi connectivity index (χ0) is 27.9. The maximum atomic E-state index is 14.1. The van der Waals surface area contributed by atoms with Gasteiger partial charge in [-0.1, -0.05) is 6.92 Å². The van der Waals surface area contributed by atoms with Crippen LogP contribution in [0.15, 0.2) is 12.4 Å². The van der Waals surface area contributed by atoms with Gasteiger partial charge in [0.25, 0.3) is 0 Å². The lowest BCUT2D eigenvalue weighted by molar-refractivity contribution is -0.199. The summed E-state index contributed by atoms with van der Waals surface area (Å²) in [4.78, 5) is 13.8. The Bertz CT molecular complexity index is 1050. The Hall–Kier alpha value is -1.88. The van der Waals surface area contributed by atoms with Crippen molar-refractivity contribution in [3.05, 3.63) is 18.0 Å². The highest BCUT2D eigenvalue weighted by molar-refractivity contribution is 5.79. The highest BCUT2D eigenvalue weighted by Crippen LogP contribution is 2.44. The van der Waals surface area contributed by atoms with Gasteiger partial charge in [-0.2, -0.15) is 13.2 Å². The summed E-state index contributed by atoms with van der Waals surface area (Å²) in [6, 6.07) is -0.640. The monoisotopic (exact) mass is 556 g/mol. The number of amides is 1. The van der Waals surface area contributed by atoms with Gasteiger partial charge in [0.05, 0.1) is 5.92 Å². The number of aromatic nitrogens is 2. The first-order valence-electron chi connectivity index (χ1n) is 14.7. The zero-order valence-corrected chi connectivity index (χ0v) is 23.0. The lowest BCUT2D eigenvalue weighted by Gasteiger charge is -2.45. The fourth-order valence-corrected chi connectivity index (χ4v) is 7.54. The van der Waals surface area contributed by atoms with E-state index in [1.807, 2.05) is 6.20 Å². The second-order valence-electron chi connectivity index (χ2n) is 12.9. The second kappa shape index (κ2) is 11.5. The highest BCUT2D eigenvalue weighted by atomic mass is 19.4. The van der Waals surface area contributed by atoms with Gasteiger partial charge >= 0.3 is 6.18 Å². The van der Waals surface area contributed by atoms with Crippen molar-refractivity contribution in [3.63, 3.8) is 0 Å². The summed E-state index contributed by atoms with van der Waals surface area (Å²) < 4.78 is 59.7. The number of nitrogens with one attached hydrogen (secondary N) is 4. The Morgan fingerprint density at radius 3 is 2.54 bits per heavy atom. The van der Waals surface area contributed by atoms with E-state index in [2.05, 4.69) is 22.9 Å². The van der Waals surface area contributed by atoms with Crippen LogP contribution in [0.3, 0.4) is 0 Å². The van der Waals surface area contributed by atoms with Crippen molar-refractivity contribution in [1.29, 1.82) is 5.41 Å². The average molecular weight is 557 g/mol. The van der Waals surface area contributed by atoms with Crippen molar-refractivity contribution in [1.82, 2.24) is 25.1 Å². The van der Waals surface area contributed by atoms with E-state index in [9.17, 15) is 22.4 Å². The molecule has 9 unspecified atom stereocenters. The molecule has 1 aromatic rings. The first-order chi connectivity index (χ1) is 18.5. The smallest absolute Gasteiger partial charge is 0.351 e. The molecule has 220 valence electrons. The Morgan fingerprint density at radius 1 is 1.13 bits per heavy atom. The molecule has 4 N–H and O–H groups in total. The molecule has 4 fully saturated rings. The molecule has 1 amide bonds. The predicted octanol–water partition coefficient (Wildman–Crippen LogP) is 3.50. The summed E-state index contributed by atoms with van der Waals surface area (Å²) >= 11 is 0. The molecule has 1 aromatic heterocycles. The number of nitrogens with zero attached hydrogens (tertiary/aromatic N) is 2. The van der Waals surface area contributed by atoms with Gasteiger partial charge in [0.1, 0.15) is 6.17 Å². The van der Waals surface area contributed by atoms with Gasteiger partial charge < -0.3 is 25.1 Å². The van der Waals surface area contributed by atoms with Crippen LogP contribution in [0.1, 0.15) is 58.3 Å². The van der Waals surface area contributed by atoms with Crippen LogP contribution in [0.4, 0.5) is 17.6 Å². The van der Waals surface area contributed by atoms with E-state index < -0.39 is 42.6 Å². The van der Waals surface area contributed by atoms with Gasteiger partial charge in [-0.25, -0.2) is 4.39 Å². The number of carbonyl (C=O) groups is 1.